The summed E-state index contributed by atoms with van der Waals surface area (Å²) in [6, 6.07) is 9.45. The second-order valence-electron chi connectivity index (χ2n) is 6.90. The molecule has 0 aromatic heterocycles. The van der Waals surface area contributed by atoms with Crippen molar-refractivity contribution in [2.24, 2.45) is 5.92 Å². The van der Waals surface area contributed by atoms with Crippen LogP contribution in [0.5, 0.6) is 0 Å². The standard InChI is InChI=1S/C20H27NO4/c1-14(2)10-11-18(24-12-16-8-6-5-7-9-16)19(22)21-17(15(3)4)13-25-20(21)23/h5-10,15,17-18H,11-13H2,1-4H3/t17-,18-/m1/s1. The van der Waals surface area contributed by atoms with Crippen LogP contribution in [-0.4, -0.2) is 35.7 Å². The molecule has 0 unspecified atom stereocenters. The third-order valence-corrected chi connectivity index (χ3v) is 4.22. The highest BCUT2D eigenvalue weighted by atomic mass is 16.6. The number of hydrogen-bond donors (Lipinski definition) is 0. The minimum absolute atomic E-state index is 0.133. The first kappa shape index (κ1) is 19.2. The molecule has 1 saturated heterocycles. The van der Waals surface area contributed by atoms with Crippen molar-refractivity contribution in [2.75, 3.05) is 6.61 Å². The number of allylic oxidation sites excluding steroid dienone is 1. The van der Waals surface area contributed by atoms with Crippen molar-refractivity contribution < 1.29 is 19.1 Å². The lowest BCUT2D eigenvalue weighted by atomic mass is 10.0. The fourth-order valence-corrected chi connectivity index (χ4v) is 2.69. The Kier molecular flexibility index (Phi) is 6.76. The van der Waals surface area contributed by atoms with Gasteiger partial charge in [0.25, 0.3) is 5.91 Å². The van der Waals surface area contributed by atoms with Gasteiger partial charge in [0.1, 0.15) is 12.7 Å². The highest BCUT2D eigenvalue weighted by Crippen LogP contribution is 2.22. The van der Waals surface area contributed by atoms with Crippen LogP contribution in [-0.2, 0) is 20.9 Å². The van der Waals surface area contributed by atoms with Crippen LogP contribution in [0.4, 0.5) is 4.79 Å². The van der Waals surface area contributed by atoms with E-state index < -0.39 is 12.2 Å². The number of carbonyl (C=O) groups is 2. The molecule has 0 saturated carbocycles. The van der Waals surface area contributed by atoms with E-state index in [1.54, 1.807) is 0 Å². The van der Waals surface area contributed by atoms with E-state index in [9.17, 15) is 9.59 Å². The van der Waals surface area contributed by atoms with Gasteiger partial charge < -0.3 is 9.47 Å². The van der Waals surface area contributed by atoms with Gasteiger partial charge in [0.2, 0.25) is 0 Å². The molecule has 2 atom stereocenters. The van der Waals surface area contributed by atoms with Crippen LogP contribution in [0, 0.1) is 5.92 Å². The van der Waals surface area contributed by atoms with Crippen LogP contribution in [0.3, 0.4) is 0 Å². The summed E-state index contributed by atoms with van der Waals surface area (Å²) in [5, 5.41) is 0. The highest BCUT2D eigenvalue weighted by Gasteiger charge is 2.42. The number of amides is 2. The molecule has 5 heteroatoms. The largest absolute Gasteiger partial charge is 0.447 e. The number of rotatable bonds is 7. The average Bonchev–Trinajstić information content (AvgIpc) is 2.97. The zero-order chi connectivity index (χ0) is 18.4. The SMILES string of the molecule is CC(C)=CC[C@@H](OCc1ccccc1)C(=O)N1C(=O)OC[C@@H]1C(C)C. The van der Waals surface area contributed by atoms with Gasteiger partial charge in [-0.15, -0.1) is 0 Å². The van der Waals surface area contributed by atoms with E-state index in [0.717, 1.165) is 11.1 Å². The number of hydrogen-bond acceptors (Lipinski definition) is 4. The molecule has 1 heterocycles. The van der Waals surface area contributed by atoms with Gasteiger partial charge in [0.05, 0.1) is 12.6 Å². The van der Waals surface area contributed by atoms with Gasteiger partial charge in [-0.3, -0.25) is 4.79 Å². The van der Waals surface area contributed by atoms with E-state index in [1.165, 1.54) is 4.90 Å². The number of carbonyl (C=O) groups excluding carboxylic acids is 2. The zero-order valence-corrected chi connectivity index (χ0v) is 15.4. The summed E-state index contributed by atoms with van der Waals surface area (Å²) in [6.07, 6.45) is 1.11. The minimum Gasteiger partial charge on any atom is -0.447 e. The topological polar surface area (TPSA) is 55.8 Å². The molecule has 1 aliphatic heterocycles. The molecule has 0 aliphatic carbocycles. The van der Waals surface area contributed by atoms with Gasteiger partial charge in [-0.1, -0.05) is 55.8 Å². The molecule has 1 fully saturated rings. The minimum atomic E-state index is -0.706. The Hall–Kier alpha value is -2.14. The van der Waals surface area contributed by atoms with Gasteiger partial charge in [-0.25, -0.2) is 9.69 Å². The van der Waals surface area contributed by atoms with E-state index in [1.807, 2.05) is 64.1 Å². The summed E-state index contributed by atoms with van der Waals surface area (Å²) in [6.45, 7) is 8.46. The Bertz CT molecular complexity index is 620. The van der Waals surface area contributed by atoms with Crippen molar-refractivity contribution in [1.82, 2.24) is 4.90 Å². The number of benzene rings is 1. The highest BCUT2D eigenvalue weighted by molar-refractivity contribution is 5.96. The Morgan fingerprint density at radius 3 is 2.60 bits per heavy atom. The van der Waals surface area contributed by atoms with Gasteiger partial charge >= 0.3 is 6.09 Å². The molecule has 2 amide bonds. The van der Waals surface area contributed by atoms with Gasteiger partial charge in [-0.05, 0) is 25.3 Å². The number of nitrogens with zero attached hydrogens (tertiary/aromatic N) is 1. The molecular formula is C20H27NO4. The molecule has 0 N–H and O–H groups in total. The van der Waals surface area contributed by atoms with Crippen molar-refractivity contribution in [2.45, 2.75) is 52.9 Å². The molecule has 2 rings (SSSR count). The predicted molar refractivity (Wildman–Crippen MR) is 95.9 cm³/mol. The first-order valence-corrected chi connectivity index (χ1v) is 8.69. The molecule has 1 aromatic rings. The maximum Gasteiger partial charge on any atom is 0.417 e. The number of imide groups is 1. The van der Waals surface area contributed by atoms with Gasteiger partial charge in [0, 0.05) is 6.42 Å². The monoisotopic (exact) mass is 345 g/mol. The zero-order valence-electron chi connectivity index (χ0n) is 15.4. The van der Waals surface area contributed by atoms with Crippen molar-refractivity contribution in [1.29, 1.82) is 0 Å². The average molecular weight is 345 g/mol. The predicted octanol–water partition coefficient (Wildman–Crippen LogP) is 3.93. The molecular weight excluding hydrogens is 318 g/mol. The summed E-state index contributed by atoms with van der Waals surface area (Å²) < 4.78 is 11.0. The van der Waals surface area contributed by atoms with E-state index in [-0.39, 0.29) is 24.5 Å². The Morgan fingerprint density at radius 2 is 2.00 bits per heavy atom. The van der Waals surface area contributed by atoms with Crippen molar-refractivity contribution in [3.05, 3.63) is 47.5 Å². The van der Waals surface area contributed by atoms with Crippen LogP contribution in [0.1, 0.15) is 39.7 Å². The Morgan fingerprint density at radius 1 is 1.32 bits per heavy atom. The van der Waals surface area contributed by atoms with E-state index in [2.05, 4.69) is 0 Å². The normalized spacial score (nSPS) is 18.2. The molecule has 0 spiro atoms. The lowest BCUT2D eigenvalue weighted by Crippen LogP contribution is -2.47. The molecule has 25 heavy (non-hydrogen) atoms. The van der Waals surface area contributed by atoms with E-state index in [4.69, 9.17) is 9.47 Å². The summed E-state index contributed by atoms with van der Waals surface area (Å²) in [7, 11) is 0. The fourth-order valence-electron chi connectivity index (χ4n) is 2.69. The third kappa shape index (κ3) is 5.16. The van der Waals surface area contributed by atoms with Gasteiger partial charge in [0.15, 0.2) is 0 Å². The second kappa shape index (κ2) is 8.81. The number of cyclic esters (lactones) is 1. The van der Waals surface area contributed by atoms with Crippen LogP contribution in [0.15, 0.2) is 42.0 Å². The smallest absolute Gasteiger partial charge is 0.417 e. The quantitative estimate of drug-likeness (QED) is 0.703. The second-order valence-corrected chi connectivity index (χ2v) is 6.90. The van der Waals surface area contributed by atoms with Crippen LogP contribution >= 0.6 is 0 Å². The lowest BCUT2D eigenvalue weighted by Gasteiger charge is -2.26. The van der Waals surface area contributed by atoms with Crippen LogP contribution in [0.2, 0.25) is 0 Å². The first-order valence-electron chi connectivity index (χ1n) is 8.69. The third-order valence-electron chi connectivity index (χ3n) is 4.22. The van der Waals surface area contributed by atoms with Crippen molar-refractivity contribution in [3.63, 3.8) is 0 Å². The molecule has 1 aliphatic rings. The fraction of sp³-hybridized carbons (Fsp3) is 0.500. The van der Waals surface area contributed by atoms with Gasteiger partial charge in [-0.2, -0.15) is 0 Å². The number of ether oxygens (including phenoxy) is 2. The van der Waals surface area contributed by atoms with Crippen molar-refractivity contribution in [3.8, 4) is 0 Å². The maximum atomic E-state index is 13.0. The lowest BCUT2D eigenvalue weighted by molar-refractivity contribution is -0.142. The molecule has 5 nitrogen and oxygen atoms in total. The van der Waals surface area contributed by atoms with Crippen LogP contribution in [0.25, 0.3) is 0 Å². The molecule has 136 valence electrons. The Labute approximate surface area is 149 Å². The molecule has 0 bridgehead atoms. The van der Waals surface area contributed by atoms with Crippen molar-refractivity contribution >= 4 is 12.0 Å². The summed E-state index contributed by atoms with van der Waals surface area (Å²) in [4.78, 5) is 26.3. The Balaban J connectivity index is 2.14. The molecule has 1 aromatic carbocycles. The molecule has 0 radical (unpaired) electrons. The summed E-state index contributed by atoms with van der Waals surface area (Å²) >= 11 is 0. The first-order chi connectivity index (χ1) is 11.9. The van der Waals surface area contributed by atoms with Crippen LogP contribution < -0.4 is 0 Å². The maximum absolute atomic E-state index is 13.0. The summed E-state index contributed by atoms with van der Waals surface area (Å²) in [5.41, 5.74) is 2.09. The van der Waals surface area contributed by atoms with E-state index >= 15 is 0 Å². The van der Waals surface area contributed by atoms with E-state index in [0.29, 0.717) is 13.0 Å². The summed E-state index contributed by atoms with van der Waals surface area (Å²) in [5.74, 6) is -0.191.